The molecule has 6 aromatic heterocycles. The zero-order chi connectivity index (χ0) is 52.2. The van der Waals surface area contributed by atoms with Gasteiger partial charge in [-0.15, -0.1) is 34.0 Å². The van der Waals surface area contributed by atoms with Crippen LogP contribution in [0.25, 0.3) is 31.7 Å². The fourth-order valence-electron chi connectivity index (χ4n) is 6.27. The number of ether oxygens (including phenoxy) is 5. The second-order valence-corrected chi connectivity index (χ2v) is 20.1. The van der Waals surface area contributed by atoms with Gasteiger partial charge in [0.1, 0.15) is 32.4 Å². The van der Waals surface area contributed by atoms with Gasteiger partial charge in [-0.25, -0.2) is 34.9 Å². The van der Waals surface area contributed by atoms with Crippen molar-refractivity contribution >= 4 is 92.8 Å². The Balaban J connectivity index is 0.000000163. The maximum absolute atomic E-state index is 5.70. The first-order valence-corrected chi connectivity index (χ1v) is 28.1. The third-order valence-electron chi connectivity index (χ3n) is 9.48. The van der Waals surface area contributed by atoms with Crippen molar-refractivity contribution in [1.29, 1.82) is 0 Å². The molecule has 0 radical (unpaired) electrons. The maximum atomic E-state index is 5.70. The predicted octanol–water partition coefficient (Wildman–Crippen LogP) is 10.6. The number of thiazole rings is 3. The highest BCUT2D eigenvalue weighted by atomic mass is 32.2. The minimum absolute atomic E-state index is 0.112. The summed E-state index contributed by atoms with van der Waals surface area (Å²) in [7, 11) is 3.29. The first kappa shape index (κ1) is 54.7. The smallest absolute Gasteiger partial charge is 0.225 e. The fraction of sp³-hybridized carbons (Fsp3) is 0.224. The number of hydrogen-bond acceptors (Lipinski definition) is 25. The summed E-state index contributed by atoms with van der Waals surface area (Å²) in [5.41, 5.74) is 28.5. The summed E-state index contributed by atoms with van der Waals surface area (Å²) < 4.78 is 27.4. The van der Waals surface area contributed by atoms with Crippen molar-refractivity contribution in [2.24, 2.45) is 0 Å². The van der Waals surface area contributed by atoms with E-state index in [0.717, 1.165) is 82.7 Å². The third-order valence-corrected chi connectivity index (χ3v) is 15.0. The topological polar surface area (TPSA) is 279 Å². The van der Waals surface area contributed by atoms with Crippen LogP contribution in [0.1, 0.15) is 37.9 Å². The molecule has 25 heteroatoms. The maximum Gasteiger partial charge on any atom is 0.225 e. The molecule has 8 N–H and O–H groups in total. The van der Waals surface area contributed by atoms with Gasteiger partial charge in [-0.05, 0) is 87.5 Å². The summed E-state index contributed by atoms with van der Waals surface area (Å²) in [5, 5.41) is 10.7. The molecular weight excluding hydrogens is 1060 g/mol. The predicted molar refractivity (Wildman–Crippen MR) is 299 cm³/mol. The Morgan fingerprint density at radius 1 is 0.446 bits per heavy atom. The third kappa shape index (κ3) is 16.2. The van der Waals surface area contributed by atoms with Gasteiger partial charge >= 0.3 is 0 Å². The Kier molecular flexibility index (Phi) is 20.6. The van der Waals surface area contributed by atoms with E-state index in [-0.39, 0.29) is 11.9 Å². The van der Waals surface area contributed by atoms with Crippen molar-refractivity contribution in [3.05, 3.63) is 118 Å². The molecule has 384 valence electrons. The van der Waals surface area contributed by atoms with Gasteiger partial charge in [-0.2, -0.15) is 15.0 Å². The van der Waals surface area contributed by atoms with Crippen molar-refractivity contribution in [1.82, 2.24) is 49.8 Å². The molecule has 0 atom stereocenters. The summed E-state index contributed by atoms with van der Waals surface area (Å²) in [6.45, 7) is 7.59. The van der Waals surface area contributed by atoms with E-state index >= 15 is 0 Å². The summed E-state index contributed by atoms with van der Waals surface area (Å²) in [6, 6.07) is 23.0. The number of nitrogen functional groups attached to an aromatic ring is 4. The van der Waals surface area contributed by atoms with E-state index < -0.39 is 0 Å². The molecule has 9 rings (SSSR count). The van der Waals surface area contributed by atoms with Crippen LogP contribution in [0.2, 0.25) is 0 Å². The fourth-order valence-corrected chi connectivity index (χ4v) is 11.2. The quantitative estimate of drug-likeness (QED) is 0.0408. The van der Waals surface area contributed by atoms with Crippen molar-refractivity contribution in [3.8, 4) is 60.5 Å². The van der Waals surface area contributed by atoms with Crippen molar-refractivity contribution in [2.75, 3.05) is 57.0 Å². The minimum Gasteiger partial charge on any atom is -0.497 e. The van der Waals surface area contributed by atoms with Crippen LogP contribution < -0.4 is 46.6 Å². The number of nitrogens with zero attached hydrogens (tertiary/aromatic N) is 10. The van der Waals surface area contributed by atoms with Crippen LogP contribution >= 0.6 is 69.3 Å². The molecule has 74 heavy (non-hydrogen) atoms. The van der Waals surface area contributed by atoms with E-state index in [9.17, 15) is 0 Å². The van der Waals surface area contributed by atoms with Gasteiger partial charge in [0.15, 0.2) is 38.5 Å². The average molecular weight is 1110 g/mol. The van der Waals surface area contributed by atoms with Crippen LogP contribution in [0.4, 0.5) is 23.5 Å². The largest absolute Gasteiger partial charge is 0.497 e. The van der Waals surface area contributed by atoms with Gasteiger partial charge in [0.05, 0.1) is 51.1 Å². The van der Waals surface area contributed by atoms with Crippen LogP contribution in [-0.2, 0) is 17.3 Å². The first-order chi connectivity index (χ1) is 36.0. The van der Waals surface area contributed by atoms with Crippen molar-refractivity contribution in [2.45, 2.75) is 53.5 Å². The van der Waals surface area contributed by atoms with Crippen molar-refractivity contribution < 1.29 is 23.7 Å². The Morgan fingerprint density at radius 3 is 1.36 bits per heavy atom. The van der Waals surface area contributed by atoms with E-state index in [4.69, 9.17) is 51.6 Å². The normalized spacial score (nSPS) is 10.7. The van der Waals surface area contributed by atoms with Gasteiger partial charge in [0.2, 0.25) is 11.9 Å². The molecule has 0 aliphatic rings. The van der Waals surface area contributed by atoms with Gasteiger partial charge in [-0.3, -0.25) is 0 Å². The van der Waals surface area contributed by atoms with Gasteiger partial charge in [0, 0.05) is 68.5 Å². The van der Waals surface area contributed by atoms with E-state index in [1.807, 2.05) is 98.3 Å². The first-order valence-electron chi connectivity index (χ1n) is 22.5. The van der Waals surface area contributed by atoms with E-state index in [1.165, 1.54) is 29.6 Å². The molecule has 0 spiro atoms. The second kappa shape index (κ2) is 27.9. The van der Waals surface area contributed by atoms with E-state index in [2.05, 4.69) is 50.2 Å². The lowest BCUT2D eigenvalue weighted by molar-refractivity contribution is 0.288. The average Bonchev–Trinajstić information content (AvgIpc) is 4.21. The van der Waals surface area contributed by atoms with Crippen LogP contribution in [-0.4, -0.2) is 83.9 Å². The summed E-state index contributed by atoms with van der Waals surface area (Å²) in [6.07, 6.45) is 3.50. The molecule has 0 saturated heterocycles. The molecule has 0 unspecified atom stereocenters. The molecular formula is C49H52N14O5S6. The monoisotopic (exact) mass is 1110 g/mol. The molecule has 6 heterocycles. The lowest BCUT2D eigenvalue weighted by atomic mass is 10.2. The highest BCUT2D eigenvalue weighted by Gasteiger charge is 2.14. The van der Waals surface area contributed by atoms with Crippen LogP contribution in [0.5, 0.6) is 28.7 Å². The second-order valence-electron chi connectivity index (χ2n) is 14.7. The number of benzene rings is 3. The summed E-state index contributed by atoms with van der Waals surface area (Å²) in [5.74, 6) is 6.69. The number of thioether (sulfide) groups is 3. The zero-order valence-electron chi connectivity index (χ0n) is 40.8. The molecule has 0 aliphatic carbocycles. The van der Waals surface area contributed by atoms with E-state index in [1.54, 1.807) is 72.4 Å². The Bertz CT molecular complexity index is 3140. The number of rotatable bonds is 20. The zero-order valence-corrected chi connectivity index (χ0v) is 45.7. The molecule has 19 nitrogen and oxygen atoms in total. The van der Waals surface area contributed by atoms with E-state index in [0.29, 0.717) is 59.0 Å². The summed E-state index contributed by atoms with van der Waals surface area (Å²) in [4.78, 5) is 42.6. The molecule has 0 fully saturated rings. The number of anilines is 4. The van der Waals surface area contributed by atoms with Gasteiger partial charge < -0.3 is 46.6 Å². The Morgan fingerprint density at radius 2 is 0.878 bits per heavy atom. The summed E-state index contributed by atoms with van der Waals surface area (Å²) >= 11 is 9.23. The lowest BCUT2D eigenvalue weighted by Gasteiger charge is -2.11. The van der Waals surface area contributed by atoms with Crippen molar-refractivity contribution in [3.63, 3.8) is 0 Å². The molecule has 0 aliphatic heterocycles. The minimum atomic E-state index is 0.112. The number of nitrogens with two attached hydrogens (primary N) is 4. The highest BCUT2D eigenvalue weighted by molar-refractivity contribution is 7.98. The standard InChI is InChI=1S/C18H21N5O2S2.C16H18N6O2S2.C15H13N3OS2/c1-3-24-13-6-5-11(7-14(13)25-4-2)17-21-12(9-26-17)10-27-18-22-15(19)8-16(20)23-18;1-3-24-11-5-4-9(6-12(11)23-2)13-19-10(7-25-13)8-26-16-21-14(17)20-15(18)22-16;1-19-13-5-3-11(4-6-13)14-18-12(9-20-14)10-21-15-16-7-2-8-17-15/h5-9H,3-4,10H2,1-2H3,(H4,19,20,22,23);4-7H,3,8H2,1-2H3,(H4,17,18,20,21,22);2-9H,10H2,1H3. The lowest BCUT2D eigenvalue weighted by Crippen LogP contribution is -2.03. The Labute approximate surface area is 452 Å². The van der Waals surface area contributed by atoms with Gasteiger partial charge in [0.25, 0.3) is 0 Å². The number of aromatic nitrogens is 10. The van der Waals surface area contributed by atoms with Gasteiger partial charge in [-0.1, -0.05) is 35.3 Å². The number of hydrogen-bond donors (Lipinski definition) is 4. The van der Waals surface area contributed by atoms with Crippen LogP contribution in [0.15, 0.2) is 117 Å². The molecule has 3 aromatic carbocycles. The Hall–Kier alpha value is -7.03. The van der Waals surface area contributed by atoms with Crippen LogP contribution in [0.3, 0.4) is 0 Å². The highest BCUT2D eigenvalue weighted by Crippen LogP contribution is 2.37. The number of methoxy groups -OCH3 is 2. The molecule has 0 saturated carbocycles. The molecule has 9 aromatic rings. The molecule has 0 bridgehead atoms. The van der Waals surface area contributed by atoms with Crippen LogP contribution in [0, 0.1) is 0 Å². The molecule has 0 amide bonds. The SMILES string of the molecule is CCOc1ccc(-c2nc(CSc3nc(N)cc(N)n3)cs2)cc1OCC.CCOc1ccc(-c2nc(CSc3nc(N)nc(N)n3)cs2)cc1OC.COc1ccc(-c2nc(CSc3ncccn3)cs2)cc1.